The maximum Gasteiger partial charge on any atom is 0.203 e. The molecule has 2 aromatic carbocycles. The summed E-state index contributed by atoms with van der Waals surface area (Å²) < 4.78 is 9.33. The third kappa shape index (κ3) is 7.13. The Morgan fingerprint density at radius 2 is 1.38 bits per heavy atom. The Kier molecular flexibility index (Phi) is 11.2. The van der Waals surface area contributed by atoms with Crippen molar-refractivity contribution >= 4 is 29.3 Å². The van der Waals surface area contributed by atoms with Crippen molar-refractivity contribution in [1.29, 1.82) is 0 Å². The van der Waals surface area contributed by atoms with Gasteiger partial charge >= 0.3 is 0 Å². The molecule has 214 valence electrons. The summed E-state index contributed by atoms with van der Waals surface area (Å²) in [5.41, 5.74) is 6.92. The van der Waals surface area contributed by atoms with Crippen LogP contribution in [0.25, 0.3) is 33.4 Å². The van der Waals surface area contributed by atoms with Gasteiger partial charge in [0.05, 0.1) is 6.07 Å². The molecule has 0 unspecified atom stereocenters. The molecule has 2 aliphatic rings. The smallest absolute Gasteiger partial charge is 0.203 e. The number of aryl methyl sites for hydroxylation is 1. The average molecular weight is 558 g/mol. The minimum absolute atomic E-state index is 0.942. The number of thiol groups is 1. The zero-order valence-electron chi connectivity index (χ0n) is 25.4. The Morgan fingerprint density at radius 3 is 2.00 bits per heavy atom. The molecule has 1 aliphatic heterocycles. The SMILES string of the molecule is CCCCN(CCCC)c1ccc2c(-c3ccc(C)cc3S)c3ccc(=[N+](CCCC)CCCC)cc-3oc2c1. The van der Waals surface area contributed by atoms with Gasteiger partial charge in [-0.15, -0.1) is 12.6 Å². The number of fused-ring (bicyclic) bond motifs is 2. The number of rotatable bonds is 14. The van der Waals surface area contributed by atoms with E-state index in [0.717, 1.165) is 58.9 Å². The number of hydrogen-bond donors (Lipinski definition) is 1. The molecule has 2 aromatic rings. The molecule has 0 saturated carbocycles. The fourth-order valence-electron chi connectivity index (χ4n) is 5.54. The maximum atomic E-state index is 6.79. The Morgan fingerprint density at radius 1 is 0.725 bits per heavy atom. The van der Waals surface area contributed by atoms with E-state index in [1.165, 1.54) is 73.5 Å². The average Bonchev–Trinajstić information content (AvgIpc) is 2.96. The number of benzene rings is 3. The van der Waals surface area contributed by atoms with Gasteiger partial charge in [-0.3, -0.25) is 0 Å². The molecule has 0 radical (unpaired) electrons. The van der Waals surface area contributed by atoms with Crippen LogP contribution in [0.5, 0.6) is 0 Å². The molecule has 0 aromatic heterocycles. The Bertz CT molecular complexity index is 1420. The van der Waals surface area contributed by atoms with Gasteiger partial charge in [-0.2, -0.15) is 0 Å². The molecule has 1 heterocycles. The number of hydrogen-bond acceptors (Lipinski definition) is 3. The van der Waals surface area contributed by atoms with Crippen LogP contribution in [0.4, 0.5) is 5.69 Å². The van der Waals surface area contributed by atoms with Crippen molar-refractivity contribution in [3.63, 3.8) is 0 Å². The van der Waals surface area contributed by atoms with E-state index >= 15 is 0 Å². The van der Waals surface area contributed by atoms with E-state index in [1.807, 2.05) is 0 Å². The third-order valence-corrected chi connectivity index (χ3v) is 8.34. The minimum atomic E-state index is 0.942. The van der Waals surface area contributed by atoms with Gasteiger partial charge in [-0.1, -0.05) is 65.5 Å². The molecule has 0 saturated heterocycles. The Balaban J connectivity index is 1.97. The van der Waals surface area contributed by atoms with E-state index in [9.17, 15) is 0 Å². The first-order chi connectivity index (χ1) is 19.5. The predicted molar refractivity (Wildman–Crippen MR) is 177 cm³/mol. The fourth-order valence-corrected chi connectivity index (χ4v) is 5.93. The topological polar surface area (TPSA) is 19.4 Å². The van der Waals surface area contributed by atoms with Gasteiger partial charge in [-0.05, 0) is 55.2 Å². The van der Waals surface area contributed by atoms with Gasteiger partial charge in [0.1, 0.15) is 24.4 Å². The number of nitrogens with zero attached hydrogens (tertiary/aromatic N) is 2. The Hall–Kier alpha value is -2.72. The summed E-state index contributed by atoms with van der Waals surface area (Å²) >= 11 is 4.94. The van der Waals surface area contributed by atoms with E-state index in [1.54, 1.807) is 0 Å². The molecule has 40 heavy (non-hydrogen) atoms. The summed E-state index contributed by atoms with van der Waals surface area (Å²) in [6.07, 6.45) is 9.58. The monoisotopic (exact) mass is 557 g/mol. The van der Waals surface area contributed by atoms with E-state index in [-0.39, 0.29) is 0 Å². The van der Waals surface area contributed by atoms with Crippen molar-refractivity contribution in [2.45, 2.75) is 90.9 Å². The minimum Gasteiger partial charge on any atom is -0.456 e. The third-order valence-electron chi connectivity index (χ3n) is 7.97. The van der Waals surface area contributed by atoms with Gasteiger partial charge in [0, 0.05) is 65.2 Å². The van der Waals surface area contributed by atoms with Gasteiger partial charge in [-0.25, -0.2) is 4.58 Å². The summed E-state index contributed by atoms with van der Waals surface area (Å²) in [5.74, 6) is 0.942. The van der Waals surface area contributed by atoms with Crippen molar-refractivity contribution < 1.29 is 4.42 Å². The van der Waals surface area contributed by atoms with Crippen LogP contribution in [0.15, 0.2) is 63.9 Å². The first-order valence-corrected chi connectivity index (χ1v) is 16.1. The second kappa shape index (κ2) is 14.8. The lowest BCUT2D eigenvalue weighted by atomic mass is 9.93. The molecule has 4 heteroatoms. The largest absolute Gasteiger partial charge is 0.456 e. The van der Waals surface area contributed by atoms with Crippen molar-refractivity contribution in [2.24, 2.45) is 0 Å². The first kappa shape index (κ1) is 30.2. The highest BCUT2D eigenvalue weighted by atomic mass is 32.1. The highest BCUT2D eigenvalue weighted by Crippen LogP contribution is 2.43. The summed E-state index contributed by atoms with van der Waals surface area (Å²) in [7, 11) is 0. The van der Waals surface area contributed by atoms with Gasteiger partial charge < -0.3 is 9.32 Å². The fraction of sp³-hybridized carbons (Fsp3) is 0.472. The number of anilines is 1. The lowest BCUT2D eigenvalue weighted by Crippen LogP contribution is -2.31. The molecule has 0 amide bonds. The molecular formula is C36H49N2OS+. The lowest BCUT2D eigenvalue weighted by molar-refractivity contribution is 0.523. The quantitative estimate of drug-likeness (QED) is 0.0946. The Labute approximate surface area is 247 Å². The predicted octanol–water partition coefficient (Wildman–Crippen LogP) is 9.58. The van der Waals surface area contributed by atoms with Crippen LogP contribution >= 0.6 is 12.6 Å². The standard InChI is InChI=1S/C36H48N2OS/c1-6-10-20-37(21-11-7-2)28-15-18-30-33(25-28)39-34-26-29(38(22-12-8-3)23-13-9-4)16-19-31(34)36(30)32-17-14-27(5)24-35(32)40/h14-19,24-26H,6-13,20-23H2,1-5H3/p+1. The molecule has 0 bridgehead atoms. The first-order valence-electron chi connectivity index (χ1n) is 15.6. The second-order valence-electron chi connectivity index (χ2n) is 11.2. The molecule has 3 nitrogen and oxygen atoms in total. The zero-order valence-corrected chi connectivity index (χ0v) is 26.3. The summed E-state index contributed by atoms with van der Waals surface area (Å²) in [5, 5.41) is 2.39. The normalized spacial score (nSPS) is 11.4. The van der Waals surface area contributed by atoms with Crippen LogP contribution in [0.2, 0.25) is 0 Å². The van der Waals surface area contributed by atoms with E-state index in [2.05, 4.69) is 98.7 Å². The molecule has 0 spiro atoms. The maximum absolute atomic E-state index is 6.79. The summed E-state index contributed by atoms with van der Waals surface area (Å²) in [6.45, 7) is 15.5. The van der Waals surface area contributed by atoms with Crippen molar-refractivity contribution in [3.8, 4) is 22.5 Å². The summed E-state index contributed by atoms with van der Waals surface area (Å²) in [4.78, 5) is 3.54. The number of unbranched alkanes of at least 4 members (excludes halogenated alkanes) is 4. The van der Waals surface area contributed by atoms with E-state index in [0.29, 0.717) is 0 Å². The van der Waals surface area contributed by atoms with Crippen molar-refractivity contribution in [2.75, 3.05) is 31.1 Å². The van der Waals surface area contributed by atoms with E-state index < -0.39 is 0 Å². The molecule has 4 rings (SSSR count). The summed E-state index contributed by atoms with van der Waals surface area (Å²) in [6, 6.07) is 20.2. The van der Waals surface area contributed by atoms with Crippen LogP contribution in [0.3, 0.4) is 0 Å². The van der Waals surface area contributed by atoms with Crippen LogP contribution < -0.4 is 14.8 Å². The molecule has 0 atom stereocenters. The van der Waals surface area contributed by atoms with E-state index in [4.69, 9.17) is 17.0 Å². The molecular weight excluding hydrogens is 508 g/mol. The van der Waals surface area contributed by atoms with Crippen LogP contribution in [0.1, 0.15) is 84.6 Å². The molecule has 1 aliphatic carbocycles. The highest BCUT2D eigenvalue weighted by Gasteiger charge is 2.21. The van der Waals surface area contributed by atoms with Crippen molar-refractivity contribution in [1.82, 2.24) is 4.58 Å². The van der Waals surface area contributed by atoms with Gasteiger partial charge in [0.2, 0.25) is 5.36 Å². The van der Waals surface area contributed by atoms with Crippen molar-refractivity contribution in [3.05, 3.63) is 65.5 Å². The van der Waals surface area contributed by atoms with Crippen LogP contribution in [0, 0.1) is 6.92 Å². The van der Waals surface area contributed by atoms with Gasteiger partial charge in [0.15, 0.2) is 0 Å². The van der Waals surface area contributed by atoms with Crippen LogP contribution in [-0.2, 0) is 0 Å². The van der Waals surface area contributed by atoms with Crippen LogP contribution in [-0.4, -0.2) is 26.2 Å². The zero-order chi connectivity index (χ0) is 28.5. The second-order valence-corrected chi connectivity index (χ2v) is 11.7. The molecule has 0 fully saturated rings. The highest BCUT2D eigenvalue weighted by molar-refractivity contribution is 7.80. The lowest BCUT2D eigenvalue weighted by Gasteiger charge is -2.25. The van der Waals surface area contributed by atoms with Gasteiger partial charge in [0.25, 0.3) is 0 Å². The molecule has 0 N–H and O–H groups in total.